The molecule has 1 aromatic carbocycles. The van der Waals surface area contributed by atoms with Gasteiger partial charge in [0.1, 0.15) is 0 Å². The van der Waals surface area contributed by atoms with Gasteiger partial charge in [0.05, 0.1) is 18.8 Å². The van der Waals surface area contributed by atoms with Crippen molar-refractivity contribution in [3.05, 3.63) is 70.9 Å². The van der Waals surface area contributed by atoms with Crippen LogP contribution in [-0.2, 0) is 6.42 Å². The SMILES string of the molecule is FCCCN1CC(Nc2ncc([C@@H]3c4[nH]c5ccccc5c4CCN3C3=CCC3)cc2F)C1. The first-order valence-electron chi connectivity index (χ1n) is 12.0. The highest BCUT2D eigenvalue weighted by atomic mass is 19.1. The van der Waals surface area contributed by atoms with Crippen LogP contribution in [0.5, 0.6) is 0 Å². The zero-order valence-corrected chi connectivity index (χ0v) is 18.7. The highest BCUT2D eigenvalue weighted by Crippen LogP contribution is 2.42. The van der Waals surface area contributed by atoms with E-state index in [-0.39, 0.29) is 24.6 Å². The number of nitrogens with one attached hydrogen (secondary N) is 2. The van der Waals surface area contributed by atoms with Crippen LogP contribution in [0.3, 0.4) is 0 Å². The van der Waals surface area contributed by atoms with Crippen LogP contribution in [0, 0.1) is 5.82 Å². The van der Waals surface area contributed by atoms with Crippen molar-refractivity contribution in [2.24, 2.45) is 0 Å². The molecule has 6 rings (SSSR count). The number of likely N-dealkylation sites (tertiary alicyclic amines) is 1. The van der Waals surface area contributed by atoms with Crippen LogP contribution in [-0.4, -0.2) is 58.7 Å². The Morgan fingerprint density at radius 3 is 2.79 bits per heavy atom. The molecule has 0 spiro atoms. The lowest BCUT2D eigenvalue weighted by Crippen LogP contribution is -2.55. The summed E-state index contributed by atoms with van der Waals surface area (Å²) in [6.07, 6.45) is 7.81. The third kappa shape index (κ3) is 3.68. The number of pyridine rings is 1. The molecule has 1 saturated heterocycles. The van der Waals surface area contributed by atoms with Gasteiger partial charge in [-0.1, -0.05) is 24.3 Å². The predicted octanol–water partition coefficient (Wildman–Crippen LogP) is 4.78. The van der Waals surface area contributed by atoms with Gasteiger partial charge in [-0.15, -0.1) is 0 Å². The summed E-state index contributed by atoms with van der Waals surface area (Å²) in [7, 11) is 0. The van der Waals surface area contributed by atoms with Gasteiger partial charge in [-0.2, -0.15) is 0 Å². The summed E-state index contributed by atoms with van der Waals surface area (Å²) < 4.78 is 27.5. The third-order valence-corrected chi connectivity index (χ3v) is 7.27. The van der Waals surface area contributed by atoms with Crippen LogP contribution in [0.4, 0.5) is 14.6 Å². The molecule has 33 heavy (non-hydrogen) atoms. The molecule has 0 amide bonds. The van der Waals surface area contributed by atoms with Gasteiger partial charge < -0.3 is 15.2 Å². The molecule has 2 N–H and O–H groups in total. The zero-order valence-electron chi connectivity index (χ0n) is 18.7. The largest absolute Gasteiger partial charge is 0.362 e. The van der Waals surface area contributed by atoms with Crippen molar-refractivity contribution in [1.82, 2.24) is 19.8 Å². The van der Waals surface area contributed by atoms with Crippen molar-refractivity contribution in [2.45, 2.75) is 37.8 Å². The molecular weight excluding hydrogens is 420 g/mol. The average Bonchev–Trinajstić information content (AvgIpc) is 3.13. The van der Waals surface area contributed by atoms with E-state index in [1.165, 1.54) is 16.6 Å². The number of fused-ring (bicyclic) bond motifs is 3. The summed E-state index contributed by atoms with van der Waals surface area (Å²) in [5.41, 5.74) is 5.83. The Hall–Kier alpha value is -2.93. The molecule has 3 aliphatic rings. The van der Waals surface area contributed by atoms with Crippen LogP contribution in [0.25, 0.3) is 10.9 Å². The Morgan fingerprint density at radius 1 is 1.18 bits per heavy atom. The number of allylic oxidation sites excluding steroid dienone is 2. The van der Waals surface area contributed by atoms with Crippen LogP contribution in [0.1, 0.15) is 42.1 Å². The van der Waals surface area contributed by atoms with Gasteiger partial charge in [0.15, 0.2) is 11.6 Å². The number of para-hydroxylation sites is 1. The number of nitrogens with zero attached hydrogens (tertiary/aromatic N) is 3. The van der Waals surface area contributed by atoms with E-state index in [4.69, 9.17) is 0 Å². The quantitative estimate of drug-likeness (QED) is 0.545. The number of H-pyrrole nitrogens is 1. The monoisotopic (exact) mass is 449 g/mol. The summed E-state index contributed by atoms with van der Waals surface area (Å²) in [5.74, 6) is -0.0172. The standard InChI is InChI=1S/C26H29F2N5/c27-10-4-11-32-15-18(16-32)30-26-22(28)13-17(14-29-26)25-24-21(9-12-33(25)19-5-3-6-19)20-7-1-2-8-23(20)31-24/h1-2,5,7-8,13-14,18,25,31H,3-4,6,9-12,15-16H2,(H,29,30)/t25-/m1/s1. The van der Waals surface area contributed by atoms with Gasteiger partial charge in [-0.05, 0) is 43.4 Å². The number of rotatable bonds is 7. The lowest BCUT2D eigenvalue weighted by molar-refractivity contribution is 0.155. The molecule has 0 radical (unpaired) electrons. The molecule has 172 valence electrons. The molecule has 2 aromatic heterocycles. The molecule has 0 saturated carbocycles. The summed E-state index contributed by atoms with van der Waals surface area (Å²) >= 11 is 0. The number of hydrogen-bond donors (Lipinski definition) is 2. The second-order valence-corrected chi connectivity index (χ2v) is 9.39. The van der Waals surface area contributed by atoms with Gasteiger partial charge in [0.2, 0.25) is 0 Å². The van der Waals surface area contributed by atoms with Crippen LogP contribution in [0.15, 0.2) is 48.3 Å². The smallest absolute Gasteiger partial charge is 0.165 e. The van der Waals surface area contributed by atoms with Crippen molar-refractivity contribution in [1.29, 1.82) is 0 Å². The molecule has 2 aliphatic heterocycles. The van der Waals surface area contributed by atoms with Crippen LogP contribution in [0.2, 0.25) is 0 Å². The minimum atomic E-state index is -0.319. The molecule has 5 nitrogen and oxygen atoms in total. The van der Waals surface area contributed by atoms with E-state index >= 15 is 4.39 Å². The zero-order chi connectivity index (χ0) is 22.4. The van der Waals surface area contributed by atoms with Gasteiger partial charge in [-0.25, -0.2) is 9.37 Å². The number of anilines is 1. The molecule has 0 bridgehead atoms. The normalized spacial score (nSPS) is 20.8. The van der Waals surface area contributed by atoms with Crippen LogP contribution >= 0.6 is 0 Å². The fourth-order valence-electron chi connectivity index (χ4n) is 5.46. The van der Waals surface area contributed by atoms with Gasteiger partial charge in [0, 0.05) is 60.2 Å². The summed E-state index contributed by atoms with van der Waals surface area (Å²) in [6, 6.07) is 10.1. The van der Waals surface area contributed by atoms with E-state index in [2.05, 4.69) is 49.4 Å². The number of benzene rings is 1. The van der Waals surface area contributed by atoms with E-state index in [9.17, 15) is 4.39 Å². The average molecular weight is 450 g/mol. The van der Waals surface area contributed by atoms with E-state index in [1.807, 2.05) is 12.3 Å². The molecule has 4 heterocycles. The number of hydrogen-bond acceptors (Lipinski definition) is 4. The Morgan fingerprint density at radius 2 is 2.03 bits per heavy atom. The molecule has 0 unspecified atom stereocenters. The highest BCUT2D eigenvalue weighted by molar-refractivity contribution is 5.85. The van der Waals surface area contributed by atoms with Gasteiger partial charge >= 0.3 is 0 Å². The summed E-state index contributed by atoms with van der Waals surface area (Å²) in [5, 5.41) is 4.48. The topological polar surface area (TPSA) is 47.2 Å². The predicted molar refractivity (Wildman–Crippen MR) is 127 cm³/mol. The molecule has 3 aromatic rings. The Bertz CT molecular complexity index is 1200. The minimum absolute atomic E-state index is 0.0661. The van der Waals surface area contributed by atoms with Crippen molar-refractivity contribution < 1.29 is 8.78 Å². The van der Waals surface area contributed by atoms with Crippen molar-refractivity contribution in [3.8, 4) is 0 Å². The Balaban J connectivity index is 1.28. The number of aromatic nitrogens is 2. The first-order valence-corrected chi connectivity index (χ1v) is 12.0. The fraction of sp³-hybridized carbons (Fsp3) is 0.423. The minimum Gasteiger partial charge on any atom is -0.362 e. The molecular formula is C26H29F2N5. The highest BCUT2D eigenvalue weighted by Gasteiger charge is 2.35. The van der Waals surface area contributed by atoms with Crippen molar-refractivity contribution in [2.75, 3.05) is 38.2 Å². The lowest BCUT2D eigenvalue weighted by Gasteiger charge is -2.41. The molecule has 7 heteroatoms. The first kappa shape index (κ1) is 20.7. The second kappa shape index (κ2) is 8.45. The Kier molecular flexibility index (Phi) is 5.29. The van der Waals surface area contributed by atoms with E-state index in [1.54, 1.807) is 6.07 Å². The van der Waals surface area contributed by atoms with E-state index in [0.717, 1.165) is 62.2 Å². The fourth-order valence-corrected chi connectivity index (χ4v) is 5.46. The van der Waals surface area contributed by atoms with E-state index in [0.29, 0.717) is 12.2 Å². The molecule has 1 aliphatic carbocycles. The van der Waals surface area contributed by atoms with Gasteiger partial charge in [-0.3, -0.25) is 9.29 Å². The number of alkyl halides is 1. The number of aromatic amines is 1. The lowest BCUT2D eigenvalue weighted by atomic mass is 9.90. The second-order valence-electron chi connectivity index (χ2n) is 9.39. The maximum atomic E-state index is 15.2. The van der Waals surface area contributed by atoms with Crippen molar-refractivity contribution in [3.63, 3.8) is 0 Å². The van der Waals surface area contributed by atoms with Gasteiger partial charge in [0.25, 0.3) is 0 Å². The third-order valence-electron chi connectivity index (χ3n) is 7.27. The first-order chi connectivity index (χ1) is 16.2. The Labute approximate surface area is 192 Å². The molecule has 1 atom stereocenters. The van der Waals surface area contributed by atoms with E-state index < -0.39 is 0 Å². The van der Waals surface area contributed by atoms with Crippen molar-refractivity contribution >= 4 is 16.7 Å². The molecule has 1 fully saturated rings. The summed E-state index contributed by atoms with van der Waals surface area (Å²) in [6.45, 7) is 2.98. The van der Waals surface area contributed by atoms with Crippen LogP contribution < -0.4 is 5.32 Å². The number of halogens is 2. The maximum absolute atomic E-state index is 15.2. The maximum Gasteiger partial charge on any atom is 0.165 e. The summed E-state index contributed by atoms with van der Waals surface area (Å²) in [4.78, 5) is 12.7.